The summed E-state index contributed by atoms with van der Waals surface area (Å²) in [4.78, 5) is 0. The van der Waals surface area contributed by atoms with E-state index < -0.39 is 17.7 Å². The second-order valence-corrected chi connectivity index (χ2v) is 4.01. The molecule has 0 spiro atoms. The summed E-state index contributed by atoms with van der Waals surface area (Å²) in [6.45, 7) is 2.56. The molecule has 1 aromatic carbocycles. The van der Waals surface area contributed by atoms with Crippen molar-refractivity contribution in [2.75, 3.05) is 6.54 Å². The molecule has 0 aliphatic rings. The van der Waals surface area contributed by atoms with Gasteiger partial charge in [-0.2, -0.15) is 5.10 Å². The van der Waals surface area contributed by atoms with Gasteiger partial charge >= 0.3 is 0 Å². The Bertz CT molecular complexity index is 537. The second kappa shape index (κ2) is 5.27. The lowest BCUT2D eigenvalue weighted by Crippen LogP contribution is -2.25. The number of nitrogens with one attached hydrogen (secondary N) is 1. The van der Waals surface area contributed by atoms with Crippen molar-refractivity contribution in [3.63, 3.8) is 0 Å². The lowest BCUT2D eigenvalue weighted by atomic mass is 10.0. The average Bonchev–Trinajstić information content (AvgIpc) is 2.76. The van der Waals surface area contributed by atoms with Crippen molar-refractivity contribution in [3.8, 4) is 0 Å². The molecule has 0 bridgehead atoms. The third-order valence-electron chi connectivity index (χ3n) is 2.86. The SMILES string of the molecule is CCNC(c1cccc(F)c1F)c1ccnn1C. The maximum Gasteiger partial charge on any atom is 0.163 e. The van der Waals surface area contributed by atoms with Gasteiger partial charge in [0.1, 0.15) is 0 Å². The molecule has 0 aliphatic carbocycles. The van der Waals surface area contributed by atoms with Crippen LogP contribution in [-0.2, 0) is 7.05 Å². The fourth-order valence-electron chi connectivity index (χ4n) is 1.99. The highest BCUT2D eigenvalue weighted by molar-refractivity contribution is 5.29. The third kappa shape index (κ3) is 2.26. The van der Waals surface area contributed by atoms with E-state index in [9.17, 15) is 8.78 Å². The molecule has 1 unspecified atom stereocenters. The number of benzene rings is 1. The number of aryl methyl sites for hydroxylation is 1. The molecule has 1 atom stereocenters. The molecule has 0 radical (unpaired) electrons. The van der Waals surface area contributed by atoms with Crippen LogP contribution in [-0.4, -0.2) is 16.3 Å². The number of rotatable bonds is 4. The van der Waals surface area contributed by atoms with E-state index >= 15 is 0 Å². The maximum absolute atomic E-state index is 13.9. The first kappa shape index (κ1) is 12.7. The van der Waals surface area contributed by atoms with Crippen molar-refractivity contribution >= 4 is 0 Å². The maximum atomic E-state index is 13.9. The standard InChI is InChI=1S/C13H15F2N3/c1-3-16-13(11-7-8-17-18(11)2)9-5-4-6-10(14)12(9)15/h4-8,13,16H,3H2,1-2H3. The number of hydrogen-bond donors (Lipinski definition) is 1. The van der Waals surface area contributed by atoms with Crippen LogP contribution in [0.2, 0.25) is 0 Å². The van der Waals surface area contributed by atoms with Crippen LogP contribution in [0.15, 0.2) is 30.5 Å². The molecule has 1 N–H and O–H groups in total. The molecule has 0 aliphatic heterocycles. The van der Waals surface area contributed by atoms with Gasteiger partial charge in [-0.15, -0.1) is 0 Å². The van der Waals surface area contributed by atoms with Crippen LogP contribution in [0.3, 0.4) is 0 Å². The summed E-state index contributed by atoms with van der Waals surface area (Å²) < 4.78 is 28.8. The minimum atomic E-state index is -0.836. The topological polar surface area (TPSA) is 29.9 Å². The van der Waals surface area contributed by atoms with Gasteiger partial charge in [0, 0.05) is 18.8 Å². The van der Waals surface area contributed by atoms with Gasteiger partial charge in [0.15, 0.2) is 11.6 Å². The fraction of sp³-hybridized carbons (Fsp3) is 0.308. The monoisotopic (exact) mass is 251 g/mol. The first-order chi connectivity index (χ1) is 8.65. The lowest BCUT2D eigenvalue weighted by molar-refractivity contribution is 0.476. The van der Waals surface area contributed by atoms with E-state index in [1.54, 1.807) is 30.1 Å². The summed E-state index contributed by atoms with van der Waals surface area (Å²) in [5.74, 6) is -1.65. The Morgan fingerprint density at radius 3 is 2.72 bits per heavy atom. The Morgan fingerprint density at radius 2 is 2.11 bits per heavy atom. The van der Waals surface area contributed by atoms with E-state index in [1.165, 1.54) is 6.07 Å². The number of halogens is 2. The Kier molecular flexibility index (Phi) is 3.72. The van der Waals surface area contributed by atoms with Crippen LogP contribution < -0.4 is 5.32 Å². The molecule has 0 saturated heterocycles. The van der Waals surface area contributed by atoms with Gasteiger partial charge in [0.2, 0.25) is 0 Å². The normalized spacial score (nSPS) is 12.7. The summed E-state index contributed by atoms with van der Waals surface area (Å²) in [5.41, 5.74) is 1.09. The Balaban J connectivity index is 2.48. The van der Waals surface area contributed by atoms with Gasteiger partial charge in [0.25, 0.3) is 0 Å². The molecule has 96 valence electrons. The van der Waals surface area contributed by atoms with Gasteiger partial charge in [-0.3, -0.25) is 4.68 Å². The highest BCUT2D eigenvalue weighted by Crippen LogP contribution is 2.25. The zero-order valence-electron chi connectivity index (χ0n) is 10.3. The van der Waals surface area contributed by atoms with Gasteiger partial charge in [-0.25, -0.2) is 8.78 Å². The van der Waals surface area contributed by atoms with E-state index in [2.05, 4.69) is 10.4 Å². The van der Waals surface area contributed by atoms with Crippen LogP contribution in [0.5, 0.6) is 0 Å². The molecular formula is C13H15F2N3. The zero-order valence-corrected chi connectivity index (χ0v) is 10.3. The van der Waals surface area contributed by atoms with Gasteiger partial charge in [-0.1, -0.05) is 19.1 Å². The zero-order chi connectivity index (χ0) is 13.1. The Morgan fingerprint density at radius 1 is 1.33 bits per heavy atom. The summed E-state index contributed by atoms with van der Waals surface area (Å²) in [6.07, 6.45) is 1.64. The fourth-order valence-corrected chi connectivity index (χ4v) is 1.99. The van der Waals surface area contributed by atoms with Crippen LogP contribution in [0, 0.1) is 11.6 Å². The van der Waals surface area contributed by atoms with E-state index in [0.717, 1.165) is 11.8 Å². The average molecular weight is 251 g/mol. The molecule has 18 heavy (non-hydrogen) atoms. The molecular weight excluding hydrogens is 236 g/mol. The summed E-state index contributed by atoms with van der Waals surface area (Å²) in [7, 11) is 1.77. The van der Waals surface area contributed by atoms with Crippen LogP contribution >= 0.6 is 0 Å². The first-order valence-electron chi connectivity index (χ1n) is 5.80. The van der Waals surface area contributed by atoms with Crippen LogP contribution in [0.4, 0.5) is 8.78 Å². The minimum absolute atomic E-state index is 0.292. The van der Waals surface area contributed by atoms with Crippen molar-refractivity contribution in [3.05, 3.63) is 53.4 Å². The molecule has 5 heteroatoms. The molecule has 1 heterocycles. The summed E-state index contributed by atoms with van der Waals surface area (Å²) in [5, 5.41) is 7.20. The highest BCUT2D eigenvalue weighted by atomic mass is 19.2. The lowest BCUT2D eigenvalue weighted by Gasteiger charge is -2.19. The van der Waals surface area contributed by atoms with Gasteiger partial charge in [-0.05, 0) is 18.7 Å². The van der Waals surface area contributed by atoms with E-state index in [1.807, 2.05) is 6.92 Å². The van der Waals surface area contributed by atoms with Crippen LogP contribution in [0.1, 0.15) is 24.2 Å². The molecule has 0 fully saturated rings. The van der Waals surface area contributed by atoms with Crippen molar-refractivity contribution < 1.29 is 8.78 Å². The third-order valence-corrected chi connectivity index (χ3v) is 2.86. The van der Waals surface area contributed by atoms with Crippen molar-refractivity contribution in [2.24, 2.45) is 7.05 Å². The number of hydrogen-bond acceptors (Lipinski definition) is 2. The number of nitrogens with zero attached hydrogens (tertiary/aromatic N) is 2. The number of aromatic nitrogens is 2. The largest absolute Gasteiger partial charge is 0.305 e. The van der Waals surface area contributed by atoms with E-state index in [0.29, 0.717) is 12.1 Å². The van der Waals surface area contributed by atoms with Crippen molar-refractivity contribution in [1.29, 1.82) is 0 Å². The molecule has 0 amide bonds. The van der Waals surface area contributed by atoms with Gasteiger partial charge < -0.3 is 5.32 Å². The van der Waals surface area contributed by atoms with Gasteiger partial charge in [0.05, 0.1) is 11.7 Å². The van der Waals surface area contributed by atoms with Crippen LogP contribution in [0.25, 0.3) is 0 Å². The molecule has 0 saturated carbocycles. The first-order valence-corrected chi connectivity index (χ1v) is 5.80. The molecule has 3 nitrogen and oxygen atoms in total. The predicted octanol–water partition coefficient (Wildman–Crippen LogP) is 2.40. The Hall–Kier alpha value is -1.75. The quantitative estimate of drug-likeness (QED) is 0.904. The van der Waals surface area contributed by atoms with Crippen molar-refractivity contribution in [1.82, 2.24) is 15.1 Å². The van der Waals surface area contributed by atoms with E-state index in [-0.39, 0.29) is 0 Å². The molecule has 2 rings (SSSR count). The second-order valence-electron chi connectivity index (χ2n) is 4.01. The smallest absolute Gasteiger partial charge is 0.163 e. The highest BCUT2D eigenvalue weighted by Gasteiger charge is 2.21. The summed E-state index contributed by atoms with van der Waals surface area (Å²) in [6, 6.07) is 5.59. The minimum Gasteiger partial charge on any atom is -0.305 e. The summed E-state index contributed by atoms with van der Waals surface area (Å²) >= 11 is 0. The van der Waals surface area contributed by atoms with E-state index in [4.69, 9.17) is 0 Å². The Labute approximate surface area is 104 Å². The van der Waals surface area contributed by atoms with Crippen molar-refractivity contribution in [2.45, 2.75) is 13.0 Å². The molecule has 1 aromatic heterocycles. The molecule has 2 aromatic rings. The predicted molar refractivity (Wildman–Crippen MR) is 65.1 cm³/mol.